The molecule has 2 atom stereocenters. The summed E-state index contributed by atoms with van der Waals surface area (Å²) in [5.74, 6) is -0.479. The van der Waals surface area contributed by atoms with Crippen LogP contribution in [0.2, 0.25) is 0 Å². The van der Waals surface area contributed by atoms with Gasteiger partial charge in [0.05, 0.1) is 25.0 Å². The molecule has 5 nitrogen and oxygen atoms in total. The molecule has 3 rings (SSSR count). The zero-order valence-electron chi connectivity index (χ0n) is 11.4. The number of hydrogen-bond acceptors (Lipinski definition) is 4. The van der Waals surface area contributed by atoms with Gasteiger partial charge in [0.15, 0.2) is 0 Å². The lowest BCUT2D eigenvalue weighted by Gasteiger charge is -2.28. The molecule has 1 aliphatic carbocycles. The summed E-state index contributed by atoms with van der Waals surface area (Å²) in [4.78, 5) is 28.3. The van der Waals surface area contributed by atoms with Crippen LogP contribution in [0.4, 0.5) is 0 Å². The highest BCUT2D eigenvalue weighted by atomic mass is 35.5. The van der Waals surface area contributed by atoms with Gasteiger partial charge in [-0.05, 0) is 12.8 Å². The fourth-order valence-electron chi connectivity index (χ4n) is 3.18. The first-order chi connectivity index (χ1) is 9.66. The number of fused-ring (bicyclic) bond motifs is 1. The van der Waals surface area contributed by atoms with E-state index in [1.807, 2.05) is 6.08 Å². The minimum absolute atomic E-state index is 0.0197. The van der Waals surface area contributed by atoms with Crippen molar-refractivity contribution in [3.05, 3.63) is 11.1 Å². The predicted octanol–water partition coefficient (Wildman–Crippen LogP) is 0.836. The molecule has 3 aliphatic rings. The van der Waals surface area contributed by atoms with E-state index in [1.54, 1.807) is 0 Å². The van der Waals surface area contributed by atoms with Crippen molar-refractivity contribution in [2.45, 2.75) is 12.8 Å². The molecular weight excluding hydrogens is 280 g/mol. The van der Waals surface area contributed by atoms with Crippen molar-refractivity contribution < 1.29 is 14.3 Å². The van der Waals surface area contributed by atoms with Crippen LogP contribution in [-0.4, -0.2) is 61.0 Å². The number of allylic oxidation sites excluding steroid dienone is 2. The average Bonchev–Trinajstić information content (AvgIpc) is 2.70. The Kier molecular flexibility index (Phi) is 4.10. The van der Waals surface area contributed by atoms with Gasteiger partial charge in [0.2, 0.25) is 11.8 Å². The minimum Gasteiger partial charge on any atom is -0.379 e. The Morgan fingerprint density at radius 3 is 2.60 bits per heavy atom. The minimum atomic E-state index is -0.232. The van der Waals surface area contributed by atoms with Gasteiger partial charge in [-0.25, -0.2) is 0 Å². The zero-order chi connectivity index (χ0) is 14.1. The maximum absolute atomic E-state index is 12.3. The van der Waals surface area contributed by atoms with Crippen molar-refractivity contribution in [1.82, 2.24) is 9.80 Å². The largest absolute Gasteiger partial charge is 0.379 e. The van der Waals surface area contributed by atoms with E-state index in [-0.39, 0.29) is 23.7 Å². The van der Waals surface area contributed by atoms with Gasteiger partial charge in [-0.2, -0.15) is 0 Å². The molecule has 0 spiro atoms. The smallest absolute Gasteiger partial charge is 0.233 e. The van der Waals surface area contributed by atoms with E-state index < -0.39 is 0 Å². The van der Waals surface area contributed by atoms with Gasteiger partial charge in [0.1, 0.15) is 0 Å². The molecule has 0 aromatic heterocycles. The van der Waals surface area contributed by atoms with Crippen LogP contribution in [0.15, 0.2) is 11.1 Å². The van der Waals surface area contributed by atoms with Gasteiger partial charge < -0.3 is 4.74 Å². The summed E-state index contributed by atoms with van der Waals surface area (Å²) >= 11 is 6.00. The number of amides is 2. The molecule has 0 N–H and O–H groups in total. The molecule has 0 aromatic rings. The van der Waals surface area contributed by atoms with Crippen LogP contribution in [0.25, 0.3) is 0 Å². The Bertz CT molecular complexity index is 446. The fourth-order valence-corrected chi connectivity index (χ4v) is 3.44. The summed E-state index contributed by atoms with van der Waals surface area (Å²) in [6, 6.07) is 0. The molecule has 0 radical (unpaired) electrons. The molecule has 2 heterocycles. The lowest BCUT2D eigenvalue weighted by Crippen LogP contribution is -2.43. The van der Waals surface area contributed by atoms with Gasteiger partial charge in [0, 0.05) is 31.2 Å². The van der Waals surface area contributed by atoms with Crippen LogP contribution in [0.5, 0.6) is 0 Å². The van der Waals surface area contributed by atoms with Crippen LogP contribution in [-0.2, 0) is 14.3 Å². The summed E-state index contributed by atoms with van der Waals surface area (Å²) in [7, 11) is 0. The van der Waals surface area contributed by atoms with Gasteiger partial charge in [-0.1, -0.05) is 17.7 Å². The molecule has 2 saturated heterocycles. The Balaban J connectivity index is 1.60. The first-order valence-corrected chi connectivity index (χ1v) is 7.54. The molecule has 6 heteroatoms. The molecule has 0 aromatic carbocycles. The number of halogens is 1. The Hall–Kier alpha value is -0.910. The second kappa shape index (κ2) is 5.84. The molecule has 2 aliphatic heterocycles. The summed E-state index contributed by atoms with van der Waals surface area (Å²) in [6.07, 6.45) is 2.99. The van der Waals surface area contributed by atoms with Gasteiger partial charge in [0.25, 0.3) is 0 Å². The normalized spacial score (nSPS) is 31.4. The molecule has 20 heavy (non-hydrogen) atoms. The first-order valence-electron chi connectivity index (χ1n) is 7.16. The number of ether oxygens (including phenoxy) is 1. The molecule has 0 saturated carbocycles. The number of nitrogens with zero attached hydrogens (tertiary/aromatic N) is 2. The highest BCUT2D eigenvalue weighted by molar-refractivity contribution is 6.30. The predicted molar refractivity (Wildman–Crippen MR) is 74.1 cm³/mol. The van der Waals surface area contributed by atoms with E-state index in [0.717, 1.165) is 32.8 Å². The van der Waals surface area contributed by atoms with Crippen LogP contribution in [0, 0.1) is 11.8 Å². The van der Waals surface area contributed by atoms with E-state index >= 15 is 0 Å². The standard InChI is InChI=1S/C14H19ClN2O3/c15-10-1-2-11-12(9-10)14(19)17(13(11)18)4-3-16-5-7-20-8-6-16/h1,11-12H,2-9H2. The van der Waals surface area contributed by atoms with Crippen LogP contribution < -0.4 is 0 Å². The monoisotopic (exact) mass is 298 g/mol. The fraction of sp³-hybridized carbons (Fsp3) is 0.714. The quantitative estimate of drug-likeness (QED) is 0.725. The highest BCUT2D eigenvalue weighted by Gasteiger charge is 2.48. The van der Waals surface area contributed by atoms with E-state index in [9.17, 15) is 9.59 Å². The van der Waals surface area contributed by atoms with Crippen molar-refractivity contribution in [3.63, 3.8) is 0 Å². The van der Waals surface area contributed by atoms with Crippen LogP contribution in [0.1, 0.15) is 12.8 Å². The lowest BCUT2D eigenvalue weighted by atomic mass is 9.85. The van der Waals surface area contributed by atoms with Crippen molar-refractivity contribution in [2.75, 3.05) is 39.4 Å². The maximum atomic E-state index is 12.3. The van der Waals surface area contributed by atoms with Crippen LogP contribution >= 0.6 is 11.6 Å². The third-order valence-corrected chi connectivity index (χ3v) is 4.71. The van der Waals surface area contributed by atoms with Gasteiger partial charge >= 0.3 is 0 Å². The van der Waals surface area contributed by atoms with E-state index in [2.05, 4.69) is 4.90 Å². The number of likely N-dealkylation sites (tertiary alicyclic amines) is 1. The molecule has 2 amide bonds. The molecular formula is C14H19ClN2O3. The van der Waals surface area contributed by atoms with Crippen molar-refractivity contribution in [2.24, 2.45) is 11.8 Å². The molecule has 110 valence electrons. The summed E-state index contributed by atoms with van der Waals surface area (Å²) in [6.45, 7) is 4.43. The third kappa shape index (κ3) is 2.62. The van der Waals surface area contributed by atoms with Crippen molar-refractivity contribution >= 4 is 23.4 Å². The Labute approximate surface area is 123 Å². The second-order valence-corrected chi connectivity index (χ2v) is 6.07. The third-order valence-electron chi connectivity index (χ3n) is 4.40. The SMILES string of the molecule is O=C1C2CC=C(Cl)CC2C(=O)N1CCN1CCOCC1. The molecule has 2 unspecified atom stereocenters. The number of carbonyl (C=O) groups excluding carboxylic acids is 2. The highest BCUT2D eigenvalue weighted by Crippen LogP contribution is 2.38. The Morgan fingerprint density at radius 1 is 1.15 bits per heavy atom. The number of rotatable bonds is 3. The number of hydrogen-bond donors (Lipinski definition) is 0. The van der Waals surface area contributed by atoms with Crippen molar-refractivity contribution in [3.8, 4) is 0 Å². The zero-order valence-corrected chi connectivity index (χ0v) is 12.1. The summed E-state index contributed by atoms with van der Waals surface area (Å²) in [5.41, 5.74) is 0. The number of imide groups is 1. The van der Waals surface area contributed by atoms with Crippen molar-refractivity contribution in [1.29, 1.82) is 0 Å². The molecule has 2 fully saturated rings. The van der Waals surface area contributed by atoms with Crippen LogP contribution in [0.3, 0.4) is 0 Å². The van der Waals surface area contributed by atoms with Gasteiger partial charge in [-0.3, -0.25) is 19.4 Å². The number of carbonyl (C=O) groups is 2. The summed E-state index contributed by atoms with van der Waals surface area (Å²) < 4.78 is 5.29. The van der Waals surface area contributed by atoms with Gasteiger partial charge in [-0.15, -0.1) is 0 Å². The maximum Gasteiger partial charge on any atom is 0.233 e. The first kappa shape index (κ1) is 14.0. The molecule has 0 bridgehead atoms. The number of morpholine rings is 1. The topological polar surface area (TPSA) is 49.9 Å². The van der Waals surface area contributed by atoms with E-state index in [4.69, 9.17) is 16.3 Å². The van der Waals surface area contributed by atoms with E-state index in [1.165, 1.54) is 4.90 Å². The average molecular weight is 299 g/mol. The van der Waals surface area contributed by atoms with E-state index in [0.29, 0.717) is 24.4 Å². The summed E-state index contributed by atoms with van der Waals surface area (Å²) in [5, 5.41) is 0.711. The second-order valence-electron chi connectivity index (χ2n) is 5.59. The Morgan fingerprint density at radius 2 is 1.85 bits per heavy atom. The lowest BCUT2D eigenvalue weighted by molar-refractivity contribution is -0.140.